The number of para-hydroxylation sites is 1. The van der Waals surface area contributed by atoms with E-state index in [-0.39, 0.29) is 11.3 Å². The van der Waals surface area contributed by atoms with Gasteiger partial charge in [-0.15, -0.1) is 0 Å². The number of carbonyl (C=O) groups is 1. The van der Waals surface area contributed by atoms with Crippen LogP contribution < -0.4 is 16.4 Å². The van der Waals surface area contributed by atoms with Crippen molar-refractivity contribution in [2.24, 2.45) is 5.41 Å². The molecule has 1 unspecified atom stereocenters. The predicted octanol–water partition coefficient (Wildman–Crippen LogP) is 3.29. The fourth-order valence-electron chi connectivity index (χ4n) is 3.86. The van der Waals surface area contributed by atoms with Crippen LogP contribution in [0.1, 0.15) is 52.9 Å². The molecule has 2 N–H and O–H groups in total. The smallest absolute Gasteiger partial charge is 0.408 e. The molecular formula is C24H33N5O3. The molecular weight excluding hydrogens is 406 g/mol. The van der Waals surface area contributed by atoms with E-state index < -0.39 is 17.3 Å². The lowest BCUT2D eigenvalue weighted by atomic mass is 9.83. The first-order chi connectivity index (χ1) is 15.2. The fourth-order valence-corrected chi connectivity index (χ4v) is 3.86. The standard InChI is InChI=1S/C24H33N5O3/c1-5-23(2,3)11-10-18(21(30)28-24(16-25)12-14-29(4)15-13-24)26-20-17-8-6-7-9-19(17)32-22(31)27-20/h6-9,18H,5,10-15H2,1-4H3,(H,28,30)(H,26,27,31). The van der Waals surface area contributed by atoms with Crippen LogP contribution in [0.25, 0.3) is 11.0 Å². The number of hydrogen-bond donors (Lipinski definition) is 2. The van der Waals surface area contributed by atoms with Gasteiger partial charge < -0.3 is 20.0 Å². The summed E-state index contributed by atoms with van der Waals surface area (Å²) in [5, 5.41) is 16.7. The van der Waals surface area contributed by atoms with Crippen molar-refractivity contribution in [3.8, 4) is 6.07 Å². The highest BCUT2D eigenvalue weighted by Gasteiger charge is 2.37. The van der Waals surface area contributed by atoms with Crippen LogP contribution in [0, 0.1) is 16.7 Å². The number of nitrogens with one attached hydrogen (secondary N) is 2. The number of nitriles is 1. The molecule has 8 nitrogen and oxygen atoms in total. The summed E-state index contributed by atoms with van der Waals surface area (Å²) in [4.78, 5) is 31.6. The Bertz CT molecular complexity index is 1050. The quantitative estimate of drug-likeness (QED) is 0.649. The Morgan fingerprint density at radius 2 is 2.03 bits per heavy atom. The summed E-state index contributed by atoms with van der Waals surface area (Å²) in [5.74, 6) is -0.647. The average Bonchev–Trinajstić information content (AvgIpc) is 2.78. The van der Waals surface area contributed by atoms with Gasteiger partial charge in [-0.25, -0.2) is 4.79 Å². The Morgan fingerprint density at radius 1 is 1.34 bits per heavy atom. The first kappa shape index (κ1) is 23.7. The molecule has 8 heteroatoms. The maximum Gasteiger partial charge on any atom is 0.441 e. The molecule has 1 aromatic carbocycles. The van der Waals surface area contributed by atoms with Crippen molar-refractivity contribution in [1.29, 1.82) is 5.26 Å². The number of carbonyl (C=O) groups excluding carboxylic acids is 1. The summed E-state index contributed by atoms with van der Waals surface area (Å²) in [7, 11) is 2.01. The number of amides is 1. The largest absolute Gasteiger partial charge is 0.441 e. The minimum Gasteiger partial charge on any atom is -0.408 e. The zero-order valence-electron chi connectivity index (χ0n) is 19.4. The monoisotopic (exact) mass is 439 g/mol. The zero-order chi connectivity index (χ0) is 23.4. The number of nitrogens with zero attached hydrogens (tertiary/aromatic N) is 3. The van der Waals surface area contributed by atoms with E-state index in [1.807, 2.05) is 13.1 Å². The van der Waals surface area contributed by atoms with E-state index in [1.165, 1.54) is 0 Å². The topological polar surface area (TPSA) is 111 Å². The van der Waals surface area contributed by atoms with Crippen LogP contribution in [0.2, 0.25) is 0 Å². The van der Waals surface area contributed by atoms with Gasteiger partial charge in [-0.3, -0.25) is 4.79 Å². The van der Waals surface area contributed by atoms with E-state index in [0.29, 0.717) is 36.0 Å². The van der Waals surface area contributed by atoms with Gasteiger partial charge in [0.25, 0.3) is 0 Å². The second kappa shape index (κ2) is 9.70. The molecule has 1 atom stereocenters. The number of aromatic nitrogens is 1. The SMILES string of the molecule is CCC(C)(C)CCC(Nc1nc(=O)oc2ccccc12)C(=O)NC1(C#N)CCN(C)CC1. The molecule has 1 amide bonds. The summed E-state index contributed by atoms with van der Waals surface area (Å²) < 4.78 is 5.19. The molecule has 0 aliphatic carbocycles. The van der Waals surface area contributed by atoms with Gasteiger partial charge in [0.2, 0.25) is 5.91 Å². The van der Waals surface area contributed by atoms with Crippen molar-refractivity contribution in [3.05, 3.63) is 34.8 Å². The normalized spacial score (nSPS) is 17.5. The van der Waals surface area contributed by atoms with Crippen molar-refractivity contribution < 1.29 is 9.21 Å². The van der Waals surface area contributed by atoms with Gasteiger partial charge in [-0.2, -0.15) is 10.2 Å². The van der Waals surface area contributed by atoms with Gasteiger partial charge >= 0.3 is 5.76 Å². The Balaban J connectivity index is 1.88. The molecule has 1 aliphatic rings. The van der Waals surface area contributed by atoms with Crippen molar-refractivity contribution in [2.45, 2.75) is 64.5 Å². The third kappa shape index (κ3) is 5.65. The third-order valence-corrected chi connectivity index (χ3v) is 6.65. The summed E-state index contributed by atoms with van der Waals surface area (Å²) in [5.41, 5.74) is -0.409. The lowest BCUT2D eigenvalue weighted by molar-refractivity contribution is -0.123. The van der Waals surface area contributed by atoms with E-state index in [4.69, 9.17) is 4.42 Å². The number of anilines is 1. The molecule has 0 spiro atoms. The van der Waals surface area contributed by atoms with E-state index in [2.05, 4.69) is 47.4 Å². The van der Waals surface area contributed by atoms with Crippen LogP contribution in [0.4, 0.5) is 5.82 Å². The molecule has 2 heterocycles. The molecule has 32 heavy (non-hydrogen) atoms. The molecule has 0 saturated carbocycles. The van der Waals surface area contributed by atoms with Crippen molar-refractivity contribution in [1.82, 2.24) is 15.2 Å². The summed E-state index contributed by atoms with van der Waals surface area (Å²) in [6.07, 6.45) is 3.48. The molecule has 0 radical (unpaired) electrons. The van der Waals surface area contributed by atoms with E-state index in [0.717, 1.165) is 25.9 Å². The zero-order valence-corrected chi connectivity index (χ0v) is 19.4. The molecule has 1 fully saturated rings. The number of rotatable bonds is 8. The van der Waals surface area contributed by atoms with Gasteiger partial charge in [0.1, 0.15) is 23.0 Å². The Kier molecular flexibility index (Phi) is 7.19. The lowest BCUT2D eigenvalue weighted by Crippen LogP contribution is -2.57. The minimum absolute atomic E-state index is 0.0614. The molecule has 3 rings (SSSR count). The maximum absolute atomic E-state index is 13.4. The van der Waals surface area contributed by atoms with E-state index >= 15 is 0 Å². The van der Waals surface area contributed by atoms with Gasteiger partial charge in [0, 0.05) is 13.1 Å². The van der Waals surface area contributed by atoms with Crippen LogP contribution in [-0.2, 0) is 4.79 Å². The van der Waals surface area contributed by atoms with E-state index in [9.17, 15) is 14.9 Å². The number of hydrogen-bond acceptors (Lipinski definition) is 7. The predicted molar refractivity (Wildman–Crippen MR) is 124 cm³/mol. The van der Waals surface area contributed by atoms with Gasteiger partial charge in [0.15, 0.2) is 0 Å². The van der Waals surface area contributed by atoms with Crippen molar-refractivity contribution in [3.63, 3.8) is 0 Å². The molecule has 1 aromatic heterocycles. The maximum atomic E-state index is 13.4. The molecule has 172 valence electrons. The van der Waals surface area contributed by atoms with Crippen LogP contribution in [-0.4, -0.2) is 47.5 Å². The van der Waals surface area contributed by atoms with Crippen molar-refractivity contribution in [2.75, 3.05) is 25.5 Å². The van der Waals surface area contributed by atoms with Gasteiger partial charge in [-0.1, -0.05) is 39.3 Å². The minimum atomic E-state index is -0.880. The summed E-state index contributed by atoms with van der Waals surface area (Å²) >= 11 is 0. The number of likely N-dealkylation sites (tertiary alicyclic amines) is 1. The summed E-state index contributed by atoms with van der Waals surface area (Å²) in [6.45, 7) is 7.96. The highest BCUT2D eigenvalue weighted by molar-refractivity contribution is 5.91. The second-order valence-electron chi connectivity index (χ2n) is 9.56. The average molecular weight is 440 g/mol. The molecule has 1 aliphatic heterocycles. The molecule has 2 aromatic rings. The third-order valence-electron chi connectivity index (χ3n) is 6.65. The van der Waals surface area contributed by atoms with Crippen LogP contribution >= 0.6 is 0 Å². The van der Waals surface area contributed by atoms with Gasteiger partial charge in [-0.05, 0) is 50.3 Å². The number of piperidine rings is 1. The van der Waals surface area contributed by atoms with Crippen LogP contribution in [0.15, 0.2) is 33.5 Å². The first-order valence-electron chi connectivity index (χ1n) is 11.3. The number of benzene rings is 1. The summed E-state index contributed by atoms with van der Waals surface area (Å²) in [6, 6.07) is 8.81. The molecule has 1 saturated heterocycles. The van der Waals surface area contributed by atoms with Crippen molar-refractivity contribution >= 4 is 22.7 Å². The Hall–Kier alpha value is -2.92. The second-order valence-corrected chi connectivity index (χ2v) is 9.56. The number of fused-ring (bicyclic) bond motifs is 1. The van der Waals surface area contributed by atoms with E-state index in [1.54, 1.807) is 18.2 Å². The highest BCUT2D eigenvalue weighted by Crippen LogP contribution is 2.29. The lowest BCUT2D eigenvalue weighted by Gasteiger charge is -2.37. The first-order valence-corrected chi connectivity index (χ1v) is 11.3. The van der Waals surface area contributed by atoms with Gasteiger partial charge in [0.05, 0.1) is 11.5 Å². The Morgan fingerprint density at radius 3 is 2.69 bits per heavy atom. The van der Waals surface area contributed by atoms with Crippen LogP contribution in [0.3, 0.4) is 0 Å². The Labute approximate surface area is 189 Å². The highest BCUT2D eigenvalue weighted by atomic mass is 16.4. The van der Waals surface area contributed by atoms with Crippen LogP contribution in [0.5, 0.6) is 0 Å². The molecule has 0 bridgehead atoms. The fraction of sp³-hybridized carbons (Fsp3) is 0.583.